The molecule has 10 nitrogen and oxygen atoms in total. The number of likely N-dealkylation sites (tertiary alicyclic amines) is 1. The lowest BCUT2D eigenvalue weighted by molar-refractivity contribution is -0.137. The summed E-state index contributed by atoms with van der Waals surface area (Å²) in [5.41, 5.74) is -0.525. The minimum absolute atomic E-state index is 0.0406. The summed E-state index contributed by atoms with van der Waals surface area (Å²) in [5.74, 6) is -2.79. The minimum atomic E-state index is -4.69. The molecule has 3 fully saturated rings. The summed E-state index contributed by atoms with van der Waals surface area (Å²) >= 11 is 0. The second kappa shape index (κ2) is 13.1. The summed E-state index contributed by atoms with van der Waals surface area (Å²) in [5, 5.41) is 0. The number of nitrogens with zero attached hydrogens (tertiary/aromatic N) is 7. The van der Waals surface area contributed by atoms with Crippen LogP contribution in [0.15, 0.2) is 43.0 Å². The molecule has 0 bridgehead atoms. The van der Waals surface area contributed by atoms with Crippen LogP contribution < -0.4 is 14.7 Å². The van der Waals surface area contributed by atoms with Gasteiger partial charge in [0.15, 0.2) is 0 Å². The summed E-state index contributed by atoms with van der Waals surface area (Å²) in [6, 6.07) is 4.87. The van der Waals surface area contributed by atoms with Gasteiger partial charge in [0.05, 0.1) is 16.9 Å². The van der Waals surface area contributed by atoms with Crippen LogP contribution in [0, 0.1) is 18.7 Å². The van der Waals surface area contributed by atoms with Gasteiger partial charge in [-0.1, -0.05) is 12.6 Å². The number of amides is 3. The Morgan fingerprint density at radius 2 is 1.81 bits per heavy atom. The number of halogens is 5. The van der Waals surface area contributed by atoms with Gasteiger partial charge >= 0.3 is 6.18 Å². The Morgan fingerprint density at radius 1 is 1.06 bits per heavy atom. The van der Waals surface area contributed by atoms with Crippen LogP contribution in [0.1, 0.15) is 17.7 Å². The third-order valence-electron chi connectivity index (χ3n) is 9.77. The molecule has 3 saturated heterocycles. The van der Waals surface area contributed by atoms with Crippen molar-refractivity contribution >= 4 is 34.9 Å². The summed E-state index contributed by atoms with van der Waals surface area (Å²) in [6.07, 6.45) is -4.72. The summed E-state index contributed by atoms with van der Waals surface area (Å²) in [6.45, 7) is 8.11. The molecule has 15 heteroatoms. The SMILES string of the molecule is C=CC(=O)N1CC(N2CCN(CCN3C[C@H]4CC(=O)N(c5cc(C(F)(F)F)cc(C)n5)[C@@H]4C(=O)N(C)c4cccc(F)c43)C[C@H](F)C2)C1. The van der Waals surface area contributed by atoms with E-state index in [1.54, 1.807) is 15.9 Å². The predicted octanol–water partition coefficient (Wildman–Crippen LogP) is 3.10. The van der Waals surface area contributed by atoms with E-state index in [2.05, 4.69) is 16.5 Å². The van der Waals surface area contributed by atoms with Gasteiger partial charge in [-0.05, 0) is 37.3 Å². The Kier molecular flexibility index (Phi) is 9.20. The van der Waals surface area contributed by atoms with E-state index in [0.717, 1.165) is 17.0 Å². The number of anilines is 3. The zero-order valence-electron chi connectivity index (χ0n) is 26.8. The van der Waals surface area contributed by atoms with Gasteiger partial charge in [-0.25, -0.2) is 13.8 Å². The molecule has 6 rings (SSSR count). The zero-order valence-corrected chi connectivity index (χ0v) is 26.8. The van der Waals surface area contributed by atoms with Gasteiger partial charge in [-0.15, -0.1) is 0 Å². The molecule has 4 aliphatic heterocycles. The van der Waals surface area contributed by atoms with E-state index in [-0.39, 0.29) is 67.4 Å². The summed E-state index contributed by atoms with van der Waals surface area (Å²) in [4.78, 5) is 53.3. The average molecular weight is 676 g/mol. The van der Waals surface area contributed by atoms with E-state index in [9.17, 15) is 27.6 Å². The number of hydrogen-bond acceptors (Lipinski definition) is 7. The zero-order chi connectivity index (χ0) is 34.5. The standard InChI is InChI=1S/C33H38F5N7O3/c1-4-28(46)44-18-24(19-44)42-10-8-41(16-23(34)17-42)9-11-43-15-21-13-29(47)45(27-14-22(33(36,37)38)12-20(2)39-27)30(21)32(48)40(3)26-7-5-6-25(35)31(26)43/h4-7,12,14,21,23-24,30H,1,8-11,13,15-19H2,2-3H3/t21-,23+,30+/m1/s1. The molecule has 0 N–H and O–H groups in total. The van der Waals surface area contributed by atoms with Gasteiger partial charge in [-0.3, -0.25) is 29.1 Å². The predicted molar refractivity (Wildman–Crippen MR) is 169 cm³/mol. The smallest absolute Gasteiger partial charge is 0.366 e. The largest absolute Gasteiger partial charge is 0.416 e. The molecular formula is C33H38F5N7O3. The molecule has 4 aliphatic rings. The molecule has 48 heavy (non-hydrogen) atoms. The van der Waals surface area contributed by atoms with Gasteiger partial charge in [0.1, 0.15) is 23.8 Å². The van der Waals surface area contributed by atoms with Crippen LogP contribution in [0.4, 0.5) is 39.1 Å². The maximum absolute atomic E-state index is 15.6. The monoisotopic (exact) mass is 675 g/mol. The highest BCUT2D eigenvalue weighted by atomic mass is 19.4. The highest BCUT2D eigenvalue weighted by Gasteiger charge is 2.49. The van der Waals surface area contributed by atoms with Gasteiger partial charge in [-0.2, -0.15) is 13.2 Å². The fraction of sp³-hybridized carbons (Fsp3) is 0.515. The summed E-state index contributed by atoms with van der Waals surface area (Å²) in [7, 11) is 1.45. The molecule has 2 aromatic rings. The number of pyridine rings is 1. The van der Waals surface area contributed by atoms with Gasteiger partial charge < -0.3 is 14.7 Å². The molecule has 5 heterocycles. The van der Waals surface area contributed by atoms with Crippen LogP contribution in [-0.4, -0.2) is 122 Å². The Balaban J connectivity index is 1.24. The molecular weight excluding hydrogens is 637 g/mol. The Bertz CT molecular complexity index is 1600. The van der Waals surface area contributed by atoms with E-state index < -0.39 is 47.5 Å². The molecule has 3 atom stereocenters. The lowest BCUT2D eigenvalue weighted by Crippen LogP contribution is -2.61. The molecule has 3 amide bonds. The number of aromatic nitrogens is 1. The van der Waals surface area contributed by atoms with Crippen molar-refractivity contribution in [2.24, 2.45) is 5.92 Å². The first-order valence-corrected chi connectivity index (χ1v) is 16.0. The first kappa shape index (κ1) is 33.8. The van der Waals surface area contributed by atoms with Crippen molar-refractivity contribution in [2.75, 3.05) is 80.7 Å². The van der Waals surface area contributed by atoms with Crippen LogP contribution in [0.2, 0.25) is 0 Å². The van der Waals surface area contributed by atoms with Gasteiger partial charge in [0.25, 0.3) is 0 Å². The molecule has 0 saturated carbocycles. The first-order chi connectivity index (χ1) is 22.7. The minimum Gasteiger partial charge on any atom is -0.366 e. The van der Waals surface area contributed by atoms with Crippen molar-refractivity contribution in [2.45, 2.75) is 37.8 Å². The molecule has 1 aromatic carbocycles. The first-order valence-electron chi connectivity index (χ1n) is 16.0. The van der Waals surface area contributed by atoms with Crippen LogP contribution in [0.3, 0.4) is 0 Å². The average Bonchev–Trinajstić information content (AvgIpc) is 3.21. The van der Waals surface area contributed by atoms with Crippen molar-refractivity contribution in [3.63, 3.8) is 0 Å². The third-order valence-corrected chi connectivity index (χ3v) is 9.77. The fourth-order valence-corrected chi connectivity index (χ4v) is 7.30. The van der Waals surface area contributed by atoms with Crippen molar-refractivity contribution in [1.29, 1.82) is 0 Å². The van der Waals surface area contributed by atoms with Crippen LogP contribution >= 0.6 is 0 Å². The van der Waals surface area contributed by atoms with Crippen LogP contribution in [0.25, 0.3) is 0 Å². The maximum atomic E-state index is 15.6. The number of likely N-dealkylation sites (N-methyl/N-ethyl adjacent to an activating group) is 1. The molecule has 0 radical (unpaired) electrons. The lowest BCUT2D eigenvalue weighted by atomic mass is 9.95. The molecule has 1 aromatic heterocycles. The lowest BCUT2D eigenvalue weighted by Gasteiger charge is -2.45. The number of alkyl halides is 4. The Morgan fingerprint density at radius 3 is 2.52 bits per heavy atom. The highest BCUT2D eigenvalue weighted by Crippen LogP contribution is 2.41. The quantitative estimate of drug-likeness (QED) is 0.344. The Labute approximate surface area is 275 Å². The number of rotatable bonds is 6. The highest BCUT2D eigenvalue weighted by molar-refractivity contribution is 6.10. The van der Waals surface area contributed by atoms with Crippen molar-refractivity contribution < 1.29 is 36.3 Å². The maximum Gasteiger partial charge on any atom is 0.416 e. The van der Waals surface area contributed by atoms with Gasteiger partial charge in [0.2, 0.25) is 17.7 Å². The van der Waals surface area contributed by atoms with E-state index >= 15 is 8.78 Å². The molecule has 0 spiro atoms. The third kappa shape index (κ3) is 6.49. The Hall–Kier alpha value is -4.11. The van der Waals surface area contributed by atoms with E-state index in [0.29, 0.717) is 32.7 Å². The van der Waals surface area contributed by atoms with E-state index in [1.807, 2.05) is 4.90 Å². The van der Waals surface area contributed by atoms with Gasteiger partial charge in [0, 0.05) is 90.0 Å². The summed E-state index contributed by atoms with van der Waals surface area (Å²) < 4.78 is 71.9. The van der Waals surface area contributed by atoms with Crippen LogP contribution in [0.5, 0.6) is 0 Å². The topological polar surface area (TPSA) is 83.5 Å². The van der Waals surface area contributed by atoms with Crippen LogP contribution in [-0.2, 0) is 20.6 Å². The number of benzene rings is 1. The second-order valence-corrected chi connectivity index (χ2v) is 13.0. The number of carbonyl (C=O) groups is 3. The number of para-hydroxylation sites is 1. The molecule has 0 aliphatic carbocycles. The number of aryl methyl sites for hydroxylation is 1. The van der Waals surface area contributed by atoms with E-state index in [4.69, 9.17) is 0 Å². The van der Waals surface area contributed by atoms with E-state index in [1.165, 1.54) is 37.1 Å². The fourth-order valence-electron chi connectivity index (χ4n) is 7.30. The van der Waals surface area contributed by atoms with Crippen molar-refractivity contribution in [3.05, 3.63) is 60.1 Å². The second-order valence-electron chi connectivity index (χ2n) is 13.0. The van der Waals surface area contributed by atoms with Crippen molar-refractivity contribution in [1.82, 2.24) is 19.7 Å². The molecule has 258 valence electrons. The number of carbonyl (C=O) groups excluding carboxylic acids is 3. The normalized spacial score (nSPS) is 24.5. The number of fused-ring (bicyclic) bond motifs is 2. The van der Waals surface area contributed by atoms with Crippen molar-refractivity contribution in [3.8, 4) is 0 Å². The number of hydrogen-bond donors (Lipinski definition) is 0. The molecule has 0 unspecified atom stereocenters.